The van der Waals surface area contributed by atoms with Gasteiger partial charge in [-0.2, -0.15) is 4.31 Å². The summed E-state index contributed by atoms with van der Waals surface area (Å²) in [4.78, 5) is 0.0574. The smallest absolute Gasteiger partial charge is 0.243 e. The number of rotatable bonds is 8. The Labute approximate surface area is 127 Å². The third-order valence-electron chi connectivity index (χ3n) is 3.58. The lowest BCUT2D eigenvalue weighted by Crippen LogP contribution is -2.35. The molecule has 0 aliphatic rings. The molecule has 0 aliphatic heterocycles. The van der Waals surface area contributed by atoms with Crippen molar-refractivity contribution in [3.05, 3.63) is 29.6 Å². The number of halogens is 1. The summed E-state index contributed by atoms with van der Waals surface area (Å²) in [7, 11) is -1.95. The van der Waals surface area contributed by atoms with Crippen molar-refractivity contribution in [1.29, 1.82) is 0 Å². The first-order valence-electron chi connectivity index (χ1n) is 7.29. The SMILES string of the molecule is CCC(C)CN(CC)S(=O)(=O)c1cc(F)ccc1CNC. The predicted molar refractivity (Wildman–Crippen MR) is 83.1 cm³/mol. The zero-order valence-corrected chi connectivity index (χ0v) is 14.0. The topological polar surface area (TPSA) is 49.4 Å². The van der Waals surface area contributed by atoms with Gasteiger partial charge in [-0.15, -0.1) is 0 Å². The van der Waals surface area contributed by atoms with Crippen molar-refractivity contribution in [2.45, 2.75) is 38.6 Å². The Morgan fingerprint density at radius 1 is 1.33 bits per heavy atom. The fraction of sp³-hybridized carbons (Fsp3) is 0.600. The fourth-order valence-electron chi connectivity index (χ4n) is 2.12. The summed E-state index contributed by atoms with van der Waals surface area (Å²) in [6, 6.07) is 3.92. The van der Waals surface area contributed by atoms with Gasteiger partial charge in [0, 0.05) is 19.6 Å². The largest absolute Gasteiger partial charge is 0.316 e. The van der Waals surface area contributed by atoms with Crippen molar-refractivity contribution in [3.8, 4) is 0 Å². The quantitative estimate of drug-likeness (QED) is 0.802. The molecule has 120 valence electrons. The van der Waals surface area contributed by atoms with E-state index in [4.69, 9.17) is 0 Å². The van der Waals surface area contributed by atoms with Crippen LogP contribution >= 0.6 is 0 Å². The third-order valence-corrected chi connectivity index (χ3v) is 5.60. The molecule has 21 heavy (non-hydrogen) atoms. The molecule has 0 saturated carbocycles. The Hall–Kier alpha value is -0.980. The van der Waals surface area contributed by atoms with Crippen LogP contribution in [0.3, 0.4) is 0 Å². The van der Waals surface area contributed by atoms with E-state index in [0.29, 0.717) is 25.2 Å². The van der Waals surface area contributed by atoms with E-state index < -0.39 is 15.8 Å². The van der Waals surface area contributed by atoms with Crippen molar-refractivity contribution in [1.82, 2.24) is 9.62 Å². The molecule has 4 nitrogen and oxygen atoms in total. The first-order valence-corrected chi connectivity index (χ1v) is 8.73. The van der Waals surface area contributed by atoms with Crippen LogP contribution in [0.4, 0.5) is 4.39 Å². The molecule has 0 saturated heterocycles. The van der Waals surface area contributed by atoms with Gasteiger partial charge >= 0.3 is 0 Å². The molecule has 1 rings (SSSR count). The minimum absolute atomic E-state index is 0.0574. The highest BCUT2D eigenvalue weighted by atomic mass is 32.2. The fourth-order valence-corrected chi connectivity index (χ4v) is 3.92. The maximum atomic E-state index is 13.5. The number of hydrogen-bond donors (Lipinski definition) is 1. The summed E-state index contributed by atoms with van der Waals surface area (Å²) in [5.74, 6) is -0.269. The third kappa shape index (κ3) is 4.49. The van der Waals surface area contributed by atoms with Gasteiger partial charge in [0.25, 0.3) is 0 Å². The van der Waals surface area contributed by atoms with E-state index in [1.165, 1.54) is 16.4 Å². The molecule has 0 spiro atoms. The van der Waals surface area contributed by atoms with Crippen LogP contribution in [0, 0.1) is 11.7 Å². The standard InChI is InChI=1S/C15H25FN2O2S/c1-5-12(3)11-18(6-2)21(19,20)15-9-14(16)8-7-13(15)10-17-4/h7-9,12,17H,5-6,10-11H2,1-4H3. The maximum absolute atomic E-state index is 13.5. The Morgan fingerprint density at radius 3 is 2.52 bits per heavy atom. The summed E-state index contributed by atoms with van der Waals surface area (Å²) in [6.45, 7) is 7.05. The van der Waals surface area contributed by atoms with Crippen LogP contribution in [-0.2, 0) is 16.6 Å². The zero-order chi connectivity index (χ0) is 16.0. The van der Waals surface area contributed by atoms with Gasteiger partial charge in [0.2, 0.25) is 10.0 Å². The second kappa shape index (κ2) is 7.87. The molecule has 6 heteroatoms. The molecule has 0 bridgehead atoms. The van der Waals surface area contributed by atoms with E-state index in [9.17, 15) is 12.8 Å². The van der Waals surface area contributed by atoms with Gasteiger partial charge < -0.3 is 5.32 Å². The van der Waals surface area contributed by atoms with E-state index in [2.05, 4.69) is 5.32 Å². The van der Waals surface area contributed by atoms with Crippen molar-refractivity contribution in [2.75, 3.05) is 20.1 Å². The number of hydrogen-bond acceptors (Lipinski definition) is 3. The molecule has 1 aromatic rings. The van der Waals surface area contributed by atoms with Crippen LogP contribution in [0.15, 0.2) is 23.1 Å². The molecule has 0 amide bonds. The van der Waals surface area contributed by atoms with Gasteiger partial charge in [0.1, 0.15) is 5.82 Å². The highest BCUT2D eigenvalue weighted by Crippen LogP contribution is 2.23. The van der Waals surface area contributed by atoms with Gasteiger partial charge in [-0.25, -0.2) is 12.8 Å². The minimum Gasteiger partial charge on any atom is -0.316 e. The number of benzene rings is 1. The Kier molecular flexibility index (Phi) is 6.77. The molecule has 1 N–H and O–H groups in total. The normalized spacial score (nSPS) is 13.6. The van der Waals surface area contributed by atoms with Crippen molar-refractivity contribution < 1.29 is 12.8 Å². The molecule has 0 heterocycles. The molecule has 1 unspecified atom stereocenters. The van der Waals surface area contributed by atoms with E-state index >= 15 is 0 Å². The van der Waals surface area contributed by atoms with E-state index in [1.54, 1.807) is 14.0 Å². The van der Waals surface area contributed by atoms with Gasteiger partial charge in [0.15, 0.2) is 0 Å². The van der Waals surface area contributed by atoms with Crippen molar-refractivity contribution in [2.24, 2.45) is 5.92 Å². The van der Waals surface area contributed by atoms with Crippen LogP contribution in [-0.4, -0.2) is 32.9 Å². The van der Waals surface area contributed by atoms with Crippen LogP contribution in [0.1, 0.15) is 32.8 Å². The second-order valence-corrected chi connectivity index (χ2v) is 7.16. The highest BCUT2D eigenvalue weighted by Gasteiger charge is 2.27. The average Bonchev–Trinajstić information content (AvgIpc) is 2.46. The van der Waals surface area contributed by atoms with Gasteiger partial charge in [-0.1, -0.05) is 33.3 Å². The lowest BCUT2D eigenvalue weighted by molar-refractivity contribution is 0.361. The van der Waals surface area contributed by atoms with Gasteiger partial charge in [0.05, 0.1) is 4.90 Å². The Bertz CT molecular complexity index is 561. The molecule has 0 aliphatic carbocycles. The zero-order valence-electron chi connectivity index (χ0n) is 13.2. The second-order valence-electron chi connectivity index (χ2n) is 5.25. The molecule has 0 aromatic heterocycles. The average molecular weight is 316 g/mol. The summed E-state index contributed by atoms with van der Waals surface area (Å²) < 4.78 is 40.5. The molecule has 1 atom stereocenters. The van der Waals surface area contributed by atoms with Crippen LogP contribution in [0.2, 0.25) is 0 Å². The van der Waals surface area contributed by atoms with Crippen LogP contribution in [0.5, 0.6) is 0 Å². The van der Waals surface area contributed by atoms with Crippen molar-refractivity contribution >= 4 is 10.0 Å². The lowest BCUT2D eigenvalue weighted by Gasteiger charge is -2.24. The number of nitrogens with one attached hydrogen (secondary N) is 1. The van der Waals surface area contributed by atoms with E-state index in [1.807, 2.05) is 13.8 Å². The molecule has 1 aromatic carbocycles. The summed E-state index contributed by atoms with van der Waals surface area (Å²) in [5, 5.41) is 2.92. The number of sulfonamides is 1. The molecular formula is C15H25FN2O2S. The first-order chi connectivity index (χ1) is 9.86. The molecule has 0 fully saturated rings. The highest BCUT2D eigenvalue weighted by molar-refractivity contribution is 7.89. The van der Waals surface area contributed by atoms with Gasteiger partial charge in [-0.3, -0.25) is 0 Å². The van der Waals surface area contributed by atoms with E-state index in [0.717, 1.165) is 12.5 Å². The molecule has 0 radical (unpaired) electrons. The summed E-state index contributed by atoms with van der Waals surface area (Å²) >= 11 is 0. The van der Waals surface area contributed by atoms with E-state index in [-0.39, 0.29) is 10.8 Å². The minimum atomic E-state index is -3.68. The van der Waals surface area contributed by atoms with Crippen LogP contribution < -0.4 is 5.32 Å². The number of nitrogens with zero attached hydrogens (tertiary/aromatic N) is 1. The summed E-state index contributed by atoms with van der Waals surface area (Å²) in [6.07, 6.45) is 0.901. The predicted octanol–water partition coefficient (Wildman–Crippen LogP) is 2.60. The van der Waals surface area contributed by atoms with Gasteiger partial charge in [-0.05, 0) is 30.7 Å². The monoisotopic (exact) mass is 316 g/mol. The first kappa shape index (κ1) is 18.1. The summed E-state index contributed by atoms with van der Waals surface area (Å²) in [5.41, 5.74) is 0.585. The Balaban J connectivity index is 3.24. The maximum Gasteiger partial charge on any atom is 0.243 e. The Morgan fingerprint density at radius 2 is 2.00 bits per heavy atom. The van der Waals surface area contributed by atoms with Crippen molar-refractivity contribution in [3.63, 3.8) is 0 Å². The molecular weight excluding hydrogens is 291 g/mol. The van der Waals surface area contributed by atoms with Crippen LogP contribution in [0.25, 0.3) is 0 Å². The lowest BCUT2D eigenvalue weighted by atomic mass is 10.1.